The molecule has 0 spiro atoms. The minimum atomic E-state index is -0.607. The van der Waals surface area contributed by atoms with Crippen molar-refractivity contribution in [2.75, 3.05) is 11.1 Å². The van der Waals surface area contributed by atoms with Crippen LogP contribution in [0.1, 0.15) is 5.56 Å². The maximum Gasteiger partial charge on any atom is 0.146 e. The summed E-state index contributed by atoms with van der Waals surface area (Å²) in [6.45, 7) is 1.84. The first-order chi connectivity index (χ1) is 8.47. The number of anilines is 3. The molecule has 0 radical (unpaired) electrons. The van der Waals surface area contributed by atoms with Crippen LogP contribution in [0, 0.1) is 18.6 Å². The van der Waals surface area contributed by atoms with Crippen LogP contribution < -0.4 is 11.1 Å². The maximum absolute atomic E-state index is 13.6. The summed E-state index contributed by atoms with van der Waals surface area (Å²) in [7, 11) is 0. The van der Waals surface area contributed by atoms with Crippen molar-refractivity contribution in [1.29, 1.82) is 0 Å². The Morgan fingerprint density at radius 3 is 2.50 bits per heavy atom. The zero-order chi connectivity index (χ0) is 13.3. The average molecular weight is 269 g/mol. The van der Waals surface area contributed by atoms with Gasteiger partial charge >= 0.3 is 0 Å². The Morgan fingerprint density at radius 1 is 1.06 bits per heavy atom. The van der Waals surface area contributed by atoms with E-state index in [9.17, 15) is 8.78 Å². The van der Waals surface area contributed by atoms with Gasteiger partial charge < -0.3 is 11.1 Å². The summed E-state index contributed by atoms with van der Waals surface area (Å²) in [4.78, 5) is 0. The highest BCUT2D eigenvalue weighted by Crippen LogP contribution is 2.30. The number of nitrogen functional groups attached to an aromatic ring is 1. The van der Waals surface area contributed by atoms with E-state index in [4.69, 9.17) is 17.3 Å². The molecule has 0 saturated carbocycles. The predicted octanol–water partition coefficient (Wildman–Crippen LogP) is 4.25. The van der Waals surface area contributed by atoms with Gasteiger partial charge in [-0.25, -0.2) is 8.78 Å². The lowest BCUT2D eigenvalue weighted by Crippen LogP contribution is -1.99. The molecule has 2 aromatic rings. The molecule has 0 aliphatic rings. The van der Waals surface area contributed by atoms with Gasteiger partial charge in [0, 0.05) is 6.07 Å². The summed E-state index contributed by atoms with van der Waals surface area (Å²) in [6.07, 6.45) is 0. The van der Waals surface area contributed by atoms with Gasteiger partial charge in [0.25, 0.3) is 0 Å². The van der Waals surface area contributed by atoms with Crippen LogP contribution >= 0.6 is 11.6 Å². The fourth-order valence-electron chi connectivity index (χ4n) is 1.55. The molecule has 2 rings (SSSR count). The monoisotopic (exact) mass is 268 g/mol. The molecule has 0 atom stereocenters. The van der Waals surface area contributed by atoms with Gasteiger partial charge in [-0.3, -0.25) is 0 Å². The van der Waals surface area contributed by atoms with Gasteiger partial charge in [-0.15, -0.1) is 0 Å². The second-order valence-corrected chi connectivity index (χ2v) is 4.37. The number of hydrogen-bond acceptors (Lipinski definition) is 2. The summed E-state index contributed by atoms with van der Waals surface area (Å²) in [5.74, 6) is -1.02. The fourth-order valence-corrected chi connectivity index (χ4v) is 1.71. The minimum Gasteiger partial charge on any atom is -0.397 e. The quantitative estimate of drug-likeness (QED) is 0.799. The molecule has 0 unspecified atom stereocenters. The number of hydrogen-bond donors (Lipinski definition) is 2. The summed E-state index contributed by atoms with van der Waals surface area (Å²) in [5.41, 5.74) is 7.34. The maximum atomic E-state index is 13.6. The fraction of sp³-hybridized carbons (Fsp3) is 0.0769. The Morgan fingerprint density at radius 2 is 1.78 bits per heavy atom. The van der Waals surface area contributed by atoms with E-state index >= 15 is 0 Å². The zero-order valence-corrected chi connectivity index (χ0v) is 10.4. The molecule has 0 amide bonds. The molecule has 5 heteroatoms. The molecule has 94 valence electrons. The van der Waals surface area contributed by atoms with Gasteiger partial charge in [-0.1, -0.05) is 17.7 Å². The highest BCUT2D eigenvalue weighted by atomic mass is 35.5. The molecule has 0 saturated heterocycles. The van der Waals surface area contributed by atoms with Crippen LogP contribution in [-0.2, 0) is 0 Å². The van der Waals surface area contributed by atoms with E-state index in [0.717, 1.165) is 11.6 Å². The molecular formula is C13H11ClF2N2. The number of aryl methyl sites for hydroxylation is 1. The second kappa shape index (κ2) is 4.82. The first-order valence-electron chi connectivity index (χ1n) is 5.25. The Bertz CT molecular complexity index is 600. The molecule has 3 N–H and O–H groups in total. The van der Waals surface area contributed by atoms with Gasteiger partial charge in [-0.2, -0.15) is 0 Å². The predicted molar refractivity (Wildman–Crippen MR) is 70.2 cm³/mol. The Labute approximate surface area is 108 Å². The molecule has 0 aromatic heterocycles. The van der Waals surface area contributed by atoms with Crippen LogP contribution in [0.3, 0.4) is 0 Å². The number of benzene rings is 2. The standard InChI is InChI=1S/C13H11ClF2N2/c1-7-2-3-9(15)12(4-7)18-13-5-8(14)10(16)6-11(13)17/h2-6,18H,17H2,1H3. The van der Waals surface area contributed by atoms with Crippen LogP contribution in [0.25, 0.3) is 0 Å². The Hall–Kier alpha value is -1.81. The van der Waals surface area contributed by atoms with Crippen LogP contribution in [-0.4, -0.2) is 0 Å². The van der Waals surface area contributed by atoms with Crippen molar-refractivity contribution in [2.45, 2.75) is 6.92 Å². The molecule has 0 bridgehead atoms. The highest BCUT2D eigenvalue weighted by molar-refractivity contribution is 6.31. The van der Waals surface area contributed by atoms with E-state index in [0.29, 0.717) is 5.69 Å². The summed E-state index contributed by atoms with van der Waals surface area (Å²) < 4.78 is 26.7. The van der Waals surface area contributed by atoms with Crippen LogP contribution in [0.4, 0.5) is 25.8 Å². The normalized spacial score (nSPS) is 10.4. The molecule has 0 fully saturated rings. The first kappa shape index (κ1) is 12.6. The Kier molecular flexibility index (Phi) is 3.39. The van der Waals surface area contributed by atoms with Crippen molar-refractivity contribution < 1.29 is 8.78 Å². The third-order valence-corrected chi connectivity index (χ3v) is 2.77. The number of nitrogens with two attached hydrogens (primary N) is 1. The summed E-state index contributed by atoms with van der Waals surface area (Å²) in [5, 5.41) is 2.73. The summed E-state index contributed by atoms with van der Waals surface area (Å²) in [6, 6.07) is 7.05. The van der Waals surface area contributed by atoms with Gasteiger partial charge in [0.2, 0.25) is 0 Å². The lowest BCUT2D eigenvalue weighted by atomic mass is 10.2. The molecule has 0 aliphatic heterocycles. The van der Waals surface area contributed by atoms with E-state index in [-0.39, 0.29) is 16.4 Å². The van der Waals surface area contributed by atoms with Gasteiger partial charge in [0.05, 0.1) is 22.1 Å². The topological polar surface area (TPSA) is 38.0 Å². The van der Waals surface area contributed by atoms with Gasteiger partial charge in [0.15, 0.2) is 0 Å². The average Bonchev–Trinajstić information content (AvgIpc) is 2.30. The molecule has 0 aliphatic carbocycles. The zero-order valence-electron chi connectivity index (χ0n) is 9.60. The number of nitrogens with one attached hydrogen (secondary N) is 1. The van der Waals surface area contributed by atoms with Crippen LogP contribution in [0.2, 0.25) is 5.02 Å². The highest BCUT2D eigenvalue weighted by Gasteiger charge is 2.09. The summed E-state index contributed by atoms with van der Waals surface area (Å²) >= 11 is 5.66. The molecule has 2 aromatic carbocycles. The van der Waals surface area contributed by atoms with Crippen molar-refractivity contribution in [3.8, 4) is 0 Å². The van der Waals surface area contributed by atoms with E-state index in [1.54, 1.807) is 12.1 Å². The smallest absolute Gasteiger partial charge is 0.146 e. The van der Waals surface area contributed by atoms with E-state index < -0.39 is 11.6 Å². The molecule has 0 heterocycles. The van der Waals surface area contributed by atoms with Crippen molar-refractivity contribution in [3.63, 3.8) is 0 Å². The van der Waals surface area contributed by atoms with Gasteiger partial charge in [-0.05, 0) is 30.7 Å². The molecule has 18 heavy (non-hydrogen) atoms. The second-order valence-electron chi connectivity index (χ2n) is 3.96. The van der Waals surface area contributed by atoms with E-state index in [1.807, 2.05) is 6.92 Å². The SMILES string of the molecule is Cc1ccc(F)c(Nc2cc(Cl)c(F)cc2N)c1. The lowest BCUT2D eigenvalue weighted by molar-refractivity contribution is 0.629. The number of halogens is 3. The Balaban J connectivity index is 2.40. The van der Waals surface area contributed by atoms with Crippen molar-refractivity contribution in [2.24, 2.45) is 0 Å². The van der Waals surface area contributed by atoms with Crippen molar-refractivity contribution in [3.05, 3.63) is 52.6 Å². The van der Waals surface area contributed by atoms with Crippen LogP contribution in [0.5, 0.6) is 0 Å². The third kappa shape index (κ3) is 2.54. The largest absolute Gasteiger partial charge is 0.397 e. The number of rotatable bonds is 2. The van der Waals surface area contributed by atoms with E-state index in [2.05, 4.69) is 5.32 Å². The molecular weight excluding hydrogens is 258 g/mol. The van der Waals surface area contributed by atoms with Crippen molar-refractivity contribution in [1.82, 2.24) is 0 Å². The molecule has 2 nitrogen and oxygen atoms in total. The lowest BCUT2D eigenvalue weighted by Gasteiger charge is -2.11. The van der Waals surface area contributed by atoms with E-state index in [1.165, 1.54) is 12.1 Å². The van der Waals surface area contributed by atoms with Crippen LogP contribution in [0.15, 0.2) is 30.3 Å². The third-order valence-electron chi connectivity index (χ3n) is 2.48. The van der Waals surface area contributed by atoms with Crippen molar-refractivity contribution >= 4 is 28.7 Å². The first-order valence-corrected chi connectivity index (χ1v) is 5.63. The minimum absolute atomic E-state index is 0.0697. The van der Waals surface area contributed by atoms with Gasteiger partial charge in [0.1, 0.15) is 11.6 Å².